The lowest BCUT2D eigenvalue weighted by molar-refractivity contribution is 0.194. The lowest BCUT2D eigenvalue weighted by atomic mass is 10.1. The number of rotatable bonds is 5. The van der Waals surface area contributed by atoms with Gasteiger partial charge in [0.05, 0.1) is 21.3 Å². The van der Waals surface area contributed by atoms with Crippen LogP contribution in [0.25, 0.3) is 4.85 Å². The SMILES string of the molecule is [C-]#[N+]CC(O)c1cc(OC)c(OC)c(OC)c1. The van der Waals surface area contributed by atoms with Gasteiger partial charge in [-0.2, -0.15) is 0 Å². The van der Waals surface area contributed by atoms with E-state index in [1.165, 1.54) is 21.3 Å². The number of hydrogen-bond donors (Lipinski definition) is 1. The number of aliphatic hydroxyl groups excluding tert-OH is 1. The Morgan fingerprint density at radius 3 is 2.06 bits per heavy atom. The van der Waals surface area contributed by atoms with Gasteiger partial charge in [-0.15, -0.1) is 0 Å². The van der Waals surface area contributed by atoms with Gasteiger partial charge in [0, 0.05) is 0 Å². The maximum Gasteiger partial charge on any atom is 0.244 e. The molecule has 1 unspecified atom stereocenters. The van der Waals surface area contributed by atoms with Crippen LogP contribution in [0.5, 0.6) is 17.2 Å². The first-order chi connectivity index (χ1) is 8.17. The molecule has 0 radical (unpaired) electrons. The van der Waals surface area contributed by atoms with Gasteiger partial charge in [-0.05, 0) is 17.7 Å². The Labute approximate surface area is 100 Å². The van der Waals surface area contributed by atoms with Gasteiger partial charge >= 0.3 is 0 Å². The molecule has 1 aromatic rings. The van der Waals surface area contributed by atoms with Gasteiger partial charge in [0.2, 0.25) is 12.3 Å². The largest absolute Gasteiger partial charge is 0.493 e. The molecule has 1 atom stereocenters. The van der Waals surface area contributed by atoms with E-state index in [2.05, 4.69) is 4.85 Å². The highest BCUT2D eigenvalue weighted by Crippen LogP contribution is 2.39. The fraction of sp³-hybridized carbons (Fsp3) is 0.417. The van der Waals surface area contributed by atoms with Crippen LogP contribution in [0.15, 0.2) is 12.1 Å². The van der Waals surface area contributed by atoms with E-state index in [4.69, 9.17) is 20.8 Å². The minimum Gasteiger partial charge on any atom is -0.493 e. The molecule has 17 heavy (non-hydrogen) atoms. The van der Waals surface area contributed by atoms with Crippen molar-refractivity contribution in [3.05, 3.63) is 29.1 Å². The van der Waals surface area contributed by atoms with E-state index >= 15 is 0 Å². The van der Waals surface area contributed by atoms with Gasteiger partial charge in [-0.1, -0.05) is 0 Å². The van der Waals surface area contributed by atoms with E-state index < -0.39 is 6.10 Å². The molecule has 0 aliphatic heterocycles. The summed E-state index contributed by atoms with van der Waals surface area (Å²) in [5.41, 5.74) is 0.565. The summed E-state index contributed by atoms with van der Waals surface area (Å²) in [5.74, 6) is 1.39. The molecule has 0 fully saturated rings. The number of benzene rings is 1. The summed E-state index contributed by atoms with van der Waals surface area (Å²) < 4.78 is 15.5. The van der Waals surface area contributed by atoms with Crippen LogP contribution in [0, 0.1) is 6.57 Å². The molecular formula is C12H15NO4. The molecule has 0 aliphatic rings. The zero-order valence-corrected chi connectivity index (χ0v) is 10.1. The quantitative estimate of drug-likeness (QED) is 0.791. The van der Waals surface area contributed by atoms with Crippen molar-refractivity contribution in [2.45, 2.75) is 6.10 Å². The van der Waals surface area contributed by atoms with Gasteiger partial charge in [0.15, 0.2) is 17.6 Å². The van der Waals surface area contributed by atoms with Crippen LogP contribution in [0.2, 0.25) is 0 Å². The van der Waals surface area contributed by atoms with Crippen LogP contribution >= 0.6 is 0 Å². The van der Waals surface area contributed by atoms with E-state index in [1.807, 2.05) is 0 Å². The van der Waals surface area contributed by atoms with Crippen molar-refractivity contribution in [1.82, 2.24) is 0 Å². The maximum atomic E-state index is 9.76. The summed E-state index contributed by atoms with van der Waals surface area (Å²) in [5, 5.41) is 9.76. The van der Waals surface area contributed by atoms with Crippen LogP contribution in [-0.4, -0.2) is 33.0 Å². The third-order valence-corrected chi connectivity index (χ3v) is 2.34. The second-order valence-corrected chi connectivity index (χ2v) is 3.32. The van der Waals surface area contributed by atoms with Crippen molar-refractivity contribution in [3.8, 4) is 17.2 Å². The Balaban J connectivity index is 3.22. The fourth-order valence-electron chi connectivity index (χ4n) is 1.49. The third-order valence-electron chi connectivity index (χ3n) is 2.34. The average Bonchev–Trinajstić information content (AvgIpc) is 2.37. The van der Waals surface area contributed by atoms with Crippen LogP contribution in [0.4, 0.5) is 0 Å². The number of hydrogen-bond acceptors (Lipinski definition) is 4. The van der Waals surface area contributed by atoms with E-state index in [9.17, 15) is 5.11 Å². The van der Waals surface area contributed by atoms with E-state index in [1.54, 1.807) is 12.1 Å². The molecular weight excluding hydrogens is 222 g/mol. The molecule has 92 valence electrons. The van der Waals surface area contributed by atoms with E-state index in [0.29, 0.717) is 22.8 Å². The van der Waals surface area contributed by atoms with Crippen molar-refractivity contribution in [3.63, 3.8) is 0 Å². The molecule has 5 heteroatoms. The summed E-state index contributed by atoms with van der Waals surface area (Å²) in [4.78, 5) is 3.15. The third kappa shape index (κ3) is 2.80. The Bertz CT molecular complexity index is 400. The van der Waals surface area contributed by atoms with Crippen molar-refractivity contribution in [2.24, 2.45) is 0 Å². The van der Waals surface area contributed by atoms with Crippen molar-refractivity contribution in [1.29, 1.82) is 0 Å². The molecule has 1 aromatic carbocycles. The molecule has 0 bridgehead atoms. The fourth-order valence-corrected chi connectivity index (χ4v) is 1.49. The Morgan fingerprint density at radius 2 is 1.71 bits per heavy atom. The second-order valence-electron chi connectivity index (χ2n) is 3.32. The van der Waals surface area contributed by atoms with Crippen molar-refractivity contribution >= 4 is 0 Å². The molecule has 0 amide bonds. The van der Waals surface area contributed by atoms with Crippen LogP contribution in [-0.2, 0) is 0 Å². The first-order valence-corrected chi connectivity index (χ1v) is 4.99. The standard InChI is InChI=1S/C12H15NO4/c1-13-7-9(14)8-5-10(15-2)12(17-4)11(6-8)16-3/h5-6,9,14H,7H2,2-4H3. The first-order valence-electron chi connectivity index (χ1n) is 4.99. The summed E-state index contributed by atoms with van der Waals surface area (Å²) in [6.07, 6.45) is -0.860. The number of aliphatic hydroxyl groups is 1. The normalized spacial score (nSPS) is 11.5. The summed E-state index contributed by atoms with van der Waals surface area (Å²) in [7, 11) is 4.51. The zero-order chi connectivity index (χ0) is 12.8. The molecule has 0 saturated carbocycles. The lowest BCUT2D eigenvalue weighted by Crippen LogP contribution is -2.03. The smallest absolute Gasteiger partial charge is 0.244 e. The average molecular weight is 237 g/mol. The highest BCUT2D eigenvalue weighted by molar-refractivity contribution is 5.54. The summed E-state index contributed by atoms with van der Waals surface area (Å²) >= 11 is 0. The van der Waals surface area contributed by atoms with E-state index in [-0.39, 0.29) is 6.54 Å². The Morgan fingerprint density at radius 1 is 1.18 bits per heavy atom. The first kappa shape index (κ1) is 13.1. The number of methoxy groups -OCH3 is 3. The minimum absolute atomic E-state index is 0.00135. The second kappa shape index (κ2) is 5.97. The van der Waals surface area contributed by atoms with Gasteiger partial charge in [-0.25, -0.2) is 6.57 Å². The van der Waals surface area contributed by atoms with Gasteiger partial charge < -0.3 is 24.2 Å². The van der Waals surface area contributed by atoms with Crippen LogP contribution in [0.1, 0.15) is 11.7 Å². The molecule has 0 heterocycles. The van der Waals surface area contributed by atoms with Gasteiger partial charge in [-0.3, -0.25) is 0 Å². The molecule has 0 spiro atoms. The highest BCUT2D eigenvalue weighted by Gasteiger charge is 2.18. The molecule has 1 N–H and O–H groups in total. The minimum atomic E-state index is -0.860. The Hall–Kier alpha value is -1.93. The maximum absolute atomic E-state index is 9.76. The topological polar surface area (TPSA) is 52.3 Å². The summed E-state index contributed by atoms with van der Waals surface area (Å²) in [6.45, 7) is 6.73. The van der Waals surface area contributed by atoms with Crippen molar-refractivity contribution in [2.75, 3.05) is 27.9 Å². The van der Waals surface area contributed by atoms with Gasteiger partial charge in [0.1, 0.15) is 0 Å². The van der Waals surface area contributed by atoms with E-state index in [0.717, 1.165) is 0 Å². The summed E-state index contributed by atoms with van der Waals surface area (Å²) in [6, 6.07) is 3.27. The Kier molecular flexibility index (Phi) is 4.61. The monoisotopic (exact) mass is 237 g/mol. The number of ether oxygens (including phenoxy) is 3. The predicted molar refractivity (Wildman–Crippen MR) is 62.5 cm³/mol. The molecule has 0 aromatic heterocycles. The molecule has 1 rings (SSSR count). The van der Waals surface area contributed by atoms with Gasteiger partial charge in [0.25, 0.3) is 0 Å². The van der Waals surface area contributed by atoms with Crippen LogP contribution < -0.4 is 14.2 Å². The highest BCUT2D eigenvalue weighted by atomic mass is 16.5. The lowest BCUT2D eigenvalue weighted by Gasteiger charge is -2.15. The molecule has 0 aliphatic carbocycles. The zero-order valence-electron chi connectivity index (χ0n) is 10.1. The van der Waals surface area contributed by atoms with Crippen LogP contribution in [0.3, 0.4) is 0 Å². The molecule has 5 nitrogen and oxygen atoms in total. The predicted octanol–water partition coefficient (Wildman–Crippen LogP) is 1.67. The molecule has 0 saturated heterocycles. The number of nitrogens with zero attached hydrogens (tertiary/aromatic N) is 1. The van der Waals surface area contributed by atoms with Crippen molar-refractivity contribution < 1.29 is 19.3 Å².